The molecule has 1 N–H and O–H groups in total. The van der Waals surface area contributed by atoms with Crippen molar-refractivity contribution in [3.63, 3.8) is 0 Å². The Kier molecular flexibility index (Phi) is 4.53. The SMILES string of the molecule is O=C(Cl)OCCC1CCC(O)CC1. The summed E-state index contributed by atoms with van der Waals surface area (Å²) in [6.45, 7) is 0.406. The van der Waals surface area contributed by atoms with Crippen LogP contribution in [0.2, 0.25) is 0 Å². The number of rotatable bonds is 3. The lowest BCUT2D eigenvalue weighted by atomic mass is 9.86. The van der Waals surface area contributed by atoms with Gasteiger partial charge in [-0.1, -0.05) is 0 Å². The zero-order chi connectivity index (χ0) is 9.68. The Morgan fingerprint density at radius 1 is 1.38 bits per heavy atom. The van der Waals surface area contributed by atoms with Gasteiger partial charge < -0.3 is 9.84 Å². The maximum absolute atomic E-state index is 10.2. The molecule has 76 valence electrons. The van der Waals surface area contributed by atoms with E-state index in [2.05, 4.69) is 4.74 Å². The second-order valence-electron chi connectivity index (χ2n) is 3.55. The van der Waals surface area contributed by atoms with Crippen LogP contribution in [-0.2, 0) is 4.74 Å². The summed E-state index contributed by atoms with van der Waals surface area (Å²) in [6.07, 6.45) is 4.55. The van der Waals surface area contributed by atoms with E-state index in [-0.39, 0.29) is 6.10 Å². The maximum atomic E-state index is 10.2. The normalized spacial score (nSPS) is 28.5. The molecule has 0 heterocycles. The van der Waals surface area contributed by atoms with Gasteiger partial charge in [-0.15, -0.1) is 0 Å². The Bertz CT molecular complexity index is 164. The number of carbonyl (C=O) groups excluding carboxylic acids is 1. The number of aliphatic hydroxyl groups excluding tert-OH is 1. The summed E-state index contributed by atoms with van der Waals surface area (Å²) in [4.78, 5) is 10.2. The summed E-state index contributed by atoms with van der Waals surface area (Å²) < 4.78 is 4.64. The van der Waals surface area contributed by atoms with Crippen molar-refractivity contribution in [3.8, 4) is 0 Å². The van der Waals surface area contributed by atoms with Gasteiger partial charge in [0.1, 0.15) is 0 Å². The molecule has 4 heteroatoms. The molecule has 0 aromatic heterocycles. The Morgan fingerprint density at radius 3 is 2.54 bits per heavy atom. The van der Waals surface area contributed by atoms with Crippen LogP contribution in [-0.4, -0.2) is 23.2 Å². The first-order valence-corrected chi connectivity index (χ1v) is 5.06. The van der Waals surface area contributed by atoms with Crippen molar-refractivity contribution in [1.82, 2.24) is 0 Å². The standard InChI is InChI=1S/C9H15ClO3/c10-9(12)13-6-5-7-1-3-8(11)4-2-7/h7-8,11H,1-6H2. The fraction of sp³-hybridized carbons (Fsp3) is 0.889. The van der Waals surface area contributed by atoms with Crippen LogP contribution >= 0.6 is 11.6 Å². The van der Waals surface area contributed by atoms with Gasteiger partial charge in [-0.3, -0.25) is 0 Å². The highest BCUT2D eigenvalue weighted by Crippen LogP contribution is 2.26. The molecule has 0 aliphatic heterocycles. The number of hydrogen-bond donors (Lipinski definition) is 1. The van der Waals surface area contributed by atoms with Crippen molar-refractivity contribution >= 4 is 17.0 Å². The fourth-order valence-electron chi connectivity index (χ4n) is 1.74. The highest BCUT2D eigenvalue weighted by molar-refractivity contribution is 6.61. The number of carbonyl (C=O) groups is 1. The van der Waals surface area contributed by atoms with Gasteiger partial charge in [-0.05, 0) is 38.0 Å². The van der Waals surface area contributed by atoms with E-state index in [1.54, 1.807) is 0 Å². The van der Waals surface area contributed by atoms with Crippen LogP contribution in [0.15, 0.2) is 0 Å². The minimum absolute atomic E-state index is 0.119. The molecule has 0 unspecified atom stereocenters. The molecule has 1 aliphatic rings. The molecule has 1 fully saturated rings. The minimum atomic E-state index is -0.726. The second kappa shape index (κ2) is 5.45. The summed E-state index contributed by atoms with van der Waals surface area (Å²) >= 11 is 5.02. The average molecular weight is 207 g/mol. The van der Waals surface area contributed by atoms with Gasteiger partial charge in [0.2, 0.25) is 0 Å². The first-order chi connectivity index (χ1) is 6.18. The van der Waals surface area contributed by atoms with Crippen LogP contribution in [0.5, 0.6) is 0 Å². The lowest BCUT2D eigenvalue weighted by molar-refractivity contribution is 0.0968. The molecule has 0 bridgehead atoms. The van der Waals surface area contributed by atoms with E-state index in [4.69, 9.17) is 11.6 Å². The molecule has 0 aromatic rings. The molecule has 0 aromatic carbocycles. The van der Waals surface area contributed by atoms with Crippen LogP contribution in [0.25, 0.3) is 0 Å². The van der Waals surface area contributed by atoms with E-state index >= 15 is 0 Å². The molecule has 0 amide bonds. The molecule has 1 rings (SSSR count). The van der Waals surface area contributed by atoms with Crippen molar-refractivity contribution in [3.05, 3.63) is 0 Å². The number of ether oxygens (including phenoxy) is 1. The molecule has 1 aliphatic carbocycles. The van der Waals surface area contributed by atoms with Gasteiger partial charge in [0.05, 0.1) is 12.7 Å². The van der Waals surface area contributed by atoms with Gasteiger partial charge in [-0.2, -0.15) is 0 Å². The molecule has 1 saturated carbocycles. The minimum Gasteiger partial charge on any atom is -0.454 e. The monoisotopic (exact) mass is 206 g/mol. The molecule has 3 nitrogen and oxygen atoms in total. The van der Waals surface area contributed by atoms with E-state index in [0.29, 0.717) is 12.5 Å². The van der Waals surface area contributed by atoms with Gasteiger partial charge >= 0.3 is 5.43 Å². The number of aliphatic hydroxyl groups is 1. The average Bonchev–Trinajstić information content (AvgIpc) is 2.08. The number of halogens is 1. The maximum Gasteiger partial charge on any atom is 0.403 e. The lowest BCUT2D eigenvalue weighted by Gasteiger charge is -2.24. The van der Waals surface area contributed by atoms with Crippen LogP contribution in [0, 0.1) is 5.92 Å². The lowest BCUT2D eigenvalue weighted by Crippen LogP contribution is -2.19. The number of hydrogen-bond acceptors (Lipinski definition) is 3. The van der Waals surface area contributed by atoms with Crippen molar-refractivity contribution < 1.29 is 14.6 Å². The van der Waals surface area contributed by atoms with Crippen LogP contribution in [0.3, 0.4) is 0 Å². The molecule has 0 radical (unpaired) electrons. The molecule has 0 spiro atoms. The smallest absolute Gasteiger partial charge is 0.403 e. The van der Waals surface area contributed by atoms with E-state index in [1.165, 1.54) is 0 Å². The third-order valence-corrected chi connectivity index (χ3v) is 2.67. The summed E-state index contributed by atoms with van der Waals surface area (Å²) in [5.41, 5.74) is -0.726. The third-order valence-electron chi connectivity index (χ3n) is 2.56. The van der Waals surface area contributed by atoms with Gasteiger partial charge in [0.15, 0.2) is 0 Å². The summed E-state index contributed by atoms with van der Waals surface area (Å²) in [6, 6.07) is 0. The Balaban J connectivity index is 2.05. The van der Waals surface area contributed by atoms with Crippen molar-refractivity contribution in [2.75, 3.05) is 6.61 Å². The molecule has 13 heavy (non-hydrogen) atoms. The first kappa shape index (κ1) is 10.8. The van der Waals surface area contributed by atoms with Crippen molar-refractivity contribution in [1.29, 1.82) is 0 Å². The van der Waals surface area contributed by atoms with E-state index in [1.807, 2.05) is 0 Å². The van der Waals surface area contributed by atoms with E-state index in [0.717, 1.165) is 32.1 Å². The Morgan fingerprint density at radius 2 is 2.00 bits per heavy atom. The highest BCUT2D eigenvalue weighted by Gasteiger charge is 2.19. The largest absolute Gasteiger partial charge is 0.454 e. The van der Waals surface area contributed by atoms with Gasteiger partial charge in [0.25, 0.3) is 0 Å². The predicted octanol–water partition coefficient (Wildman–Crippen LogP) is 2.30. The molecular weight excluding hydrogens is 192 g/mol. The van der Waals surface area contributed by atoms with Crippen molar-refractivity contribution in [2.24, 2.45) is 5.92 Å². The Hall–Kier alpha value is -0.280. The van der Waals surface area contributed by atoms with Gasteiger partial charge in [-0.25, -0.2) is 4.79 Å². The van der Waals surface area contributed by atoms with Crippen LogP contribution < -0.4 is 0 Å². The summed E-state index contributed by atoms with van der Waals surface area (Å²) in [5.74, 6) is 0.583. The highest BCUT2D eigenvalue weighted by atomic mass is 35.5. The van der Waals surface area contributed by atoms with Crippen LogP contribution in [0.4, 0.5) is 4.79 Å². The second-order valence-corrected chi connectivity index (χ2v) is 3.86. The van der Waals surface area contributed by atoms with Gasteiger partial charge in [0, 0.05) is 11.6 Å². The van der Waals surface area contributed by atoms with Crippen LogP contribution in [0.1, 0.15) is 32.1 Å². The van der Waals surface area contributed by atoms with E-state index < -0.39 is 5.43 Å². The fourth-order valence-corrected chi connectivity index (χ4v) is 1.82. The quantitative estimate of drug-likeness (QED) is 0.721. The summed E-state index contributed by atoms with van der Waals surface area (Å²) in [7, 11) is 0. The van der Waals surface area contributed by atoms with Crippen molar-refractivity contribution in [2.45, 2.75) is 38.2 Å². The predicted molar refractivity (Wildman–Crippen MR) is 49.8 cm³/mol. The zero-order valence-corrected chi connectivity index (χ0v) is 8.29. The third kappa shape index (κ3) is 4.48. The van der Waals surface area contributed by atoms with E-state index in [9.17, 15) is 9.90 Å². The molecule has 0 saturated heterocycles. The molecule has 0 atom stereocenters. The first-order valence-electron chi connectivity index (χ1n) is 4.69. The Labute approximate surface area is 83.0 Å². The topological polar surface area (TPSA) is 46.5 Å². The summed E-state index contributed by atoms with van der Waals surface area (Å²) in [5, 5.41) is 9.23. The molecular formula is C9H15ClO3. The zero-order valence-electron chi connectivity index (χ0n) is 7.54.